The standard InChI is InChI=1S/C20H24N4O5S/c1-3-29-18(27)16-12(2)21-19(28)22-15(16)11-30-20-23-14-8-5-4-7-13(14)17(26)24(20)9-6-10-25/h4-5,7-8,12,25H,3,6,9-11H2,1-2H3,(H2,21,22,28). The van der Waals surface area contributed by atoms with Gasteiger partial charge in [0.25, 0.3) is 5.56 Å². The normalized spacial score (nSPS) is 16.4. The third-order valence-electron chi connectivity index (χ3n) is 4.58. The summed E-state index contributed by atoms with van der Waals surface area (Å²) in [5.74, 6) is -0.284. The van der Waals surface area contributed by atoms with Crippen molar-refractivity contribution in [3.8, 4) is 0 Å². The number of para-hydroxylation sites is 1. The van der Waals surface area contributed by atoms with Gasteiger partial charge in [0.15, 0.2) is 5.16 Å². The van der Waals surface area contributed by atoms with Crippen LogP contribution < -0.4 is 16.2 Å². The summed E-state index contributed by atoms with van der Waals surface area (Å²) >= 11 is 1.24. The average molecular weight is 433 g/mol. The van der Waals surface area contributed by atoms with Crippen molar-refractivity contribution in [2.24, 2.45) is 0 Å². The summed E-state index contributed by atoms with van der Waals surface area (Å²) in [7, 11) is 0. The Labute approximate surface area is 177 Å². The van der Waals surface area contributed by atoms with Gasteiger partial charge in [0.2, 0.25) is 0 Å². The van der Waals surface area contributed by atoms with Gasteiger partial charge in [-0.1, -0.05) is 23.9 Å². The van der Waals surface area contributed by atoms with E-state index in [0.29, 0.717) is 40.3 Å². The highest BCUT2D eigenvalue weighted by Gasteiger charge is 2.30. The smallest absolute Gasteiger partial charge is 0.337 e. The summed E-state index contributed by atoms with van der Waals surface area (Å²) in [5, 5.41) is 15.5. The van der Waals surface area contributed by atoms with Crippen LogP contribution in [0.25, 0.3) is 10.9 Å². The van der Waals surface area contributed by atoms with Gasteiger partial charge in [0.05, 0.1) is 29.1 Å². The number of thioether (sulfide) groups is 1. The van der Waals surface area contributed by atoms with Gasteiger partial charge < -0.3 is 20.5 Å². The number of hydrogen-bond acceptors (Lipinski definition) is 7. The Morgan fingerprint density at radius 2 is 2.10 bits per heavy atom. The Morgan fingerprint density at radius 3 is 2.83 bits per heavy atom. The van der Waals surface area contributed by atoms with E-state index < -0.39 is 18.0 Å². The van der Waals surface area contributed by atoms with Gasteiger partial charge in [-0.2, -0.15) is 0 Å². The molecule has 2 amide bonds. The number of carbonyl (C=O) groups excluding carboxylic acids is 2. The number of aliphatic hydroxyl groups is 1. The second kappa shape index (κ2) is 9.77. The molecule has 1 aromatic carbocycles. The van der Waals surface area contributed by atoms with Crippen LogP contribution in [0.4, 0.5) is 4.79 Å². The van der Waals surface area contributed by atoms with Crippen molar-refractivity contribution in [3.05, 3.63) is 45.9 Å². The minimum atomic E-state index is -0.505. The molecule has 0 bridgehead atoms. The number of carbonyl (C=O) groups is 2. The number of nitrogens with one attached hydrogen (secondary N) is 2. The van der Waals surface area contributed by atoms with Crippen molar-refractivity contribution >= 4 is 34.7 Å². The molecule has 2 aromatic rings. The van der Waals surface area contributed by atoms with E-state index in [9.17, 15) is 19.5 Å². The SMILES string of the molecule is CCOC(=O)C1=C(CSc2nc3ccccc3c(=O)n2CCCO)NC(=O)NC1C. The van der Waals surface area contributed by atoms with Crippen molar-refractivity contribution in [1.82, 2.24) is 20.2 Å². The summed E-state index contributed by atoms with van der Waals surface area (Å²) in [4.78, 5) is 41.9. The number of nitrogens with zero attached hydrogens (tertiary/aromatic N) is 2. The first-order valence-corrected chi connectivity index (χ1v) is 10.7. The lowest BCUT2D eigenvalue weighted by Crippen LogP contribution is -2.49. The first kappa shape index (κ1) is 21.8. The zero-order valence-electron chi connectivity index (χ0n) is 16.8. The molecule has 1 unspecified atom stereocenters. The predicted octanol–water partition coefficient (Wildman–Crippen LogP) is 1.39. The number of ether oxygens (including phenoxy) is 1. The molecule has 160 valence electrons. The number of urea groups is 1. The number of hydrogen-bond donors (Lipinski definition) is 3. The summed E-state index contributed by atoms with van der Waals surface area (Å²) in [6.45, 7) is 3.90. The molecule has 0 radical (unpaired) electrons. The molecular formula is C20H24N4O5S. The van der Waals surface area contributed by atoms with Crippen LogP contribution in [0.1, 0.15) is 20.3 Å². The van der Waals surface area contributed by atoms with Crippen LogP contribution in [0.15, 0.2) is 45.5 Å². The molecule has 3 N–H and O–H groups in total. The lowest BCUT2D eigenvalue weighted by molar-refractivity contribution is -0.138. The molecule has 1 aromatic heterocycles. The topological polar surface area (TPSA) is 123 Å². The summed E-state index contributed by atoms with van der Waals surface area (Å²) in [6.07, 6.45) is 0.405. The van der Waals surface area contributed by atoms with Gasteiger partial charge in [0.1, 0.15) is 0 Å². The number of aliphatic hydroxyl groups excluding tert-OH is 1. The van der Waals surface area contributed by atoms with E-state index in [1.165, 1.54) is 16.3 Å². The molecule has 0 saturated heterocycles. The maximum atomic E-state index is 12.9. The molecule has 0 saturated carbocycles. The molecule has 0 spiro atoms. The minimum Gasteiger partial charge on any atom is -0.463 e. The Morgan fingerprint density at radius 1 is 1.33 bits per heavy atom. The summed E-state index contributed by atoms with van der Waals surface area (Å²) in [6, 6.07) is 6.14. The zero-order chi connectivity index (χ0) is 21.7. The zero-order valence-corrected chi connectivity index (χ0v) is 17.6. The maximum absolute atomic E-state index is 12.9. The second-order valence-corrected chi connectivity index (χ2v) is 7.61. The van der Waals surface area contributed by atoms with Gasteiger partial charge >= 0.3 is 12.0 Å². The van der Waals surface area contributed by atoms with Crippen LogP contribution in [0.5, 0.6) is 0 Å². The molecule has 9 nitrogen and oxygen atoms in total. The number of benzene rings is 1. The number of aromatic nitrogens is 2. The second-order valence-electron chi connectivity index (χ2n) is 6.67. The molecular weight excluding hydrogens is 408 g/mol. The number of esters is 1. The molecule has 2 heterocycles. The molecule has 0 fully saturated rings. The third kappa shape index (κ3) is 4.65. The number of rotatable bonds is 8. The largest absolute Gasteiger partial charge is 0.463 e. The fourth-order valence-corrected chi connectivity index (χ4v) is 4.21. The van der Waals surface area contributed by atoms with Crippen LogP contribution in [0.3, 0.4) is 0 Å². The summed E-state index contributed by atoms with van der Waals surface area (Å²) in [5.41, 5.74) is 1.13. The summed E-state index contributed by atoms with van der Waals surface area (Å²) < 4.78 is 6.64. The molecule has 30 heavy (non-hydrogen) atoms. The quantitative estimate of drug-likeness (QED) is 0.327. The van der Waals surface area contributed by atoms with E-state index in [0.717, 1.165) is 0 Å². The highest BCUT2D eigenvalue weighted by Crippen LogP contribution is 2.24. The van der Waals surface area contributed by atoms with Gasteiger partial charge in [-0.05, 0) is 32.4 Å². The average Bonchev–Trinajstić information content (AvgIpc) is 2.71. The molecule has 3 rings (SSSR count). The van der Waals surface area contributed by atoms with Crippen molar-refractivity contribution in [2.45, 2.75) is 38.0 Å². The van der Waals surface area contributed by atoms with Crippen LogP contribution in [-0.4, -0.2) is 51.7 Å². The molecule has 1 aliphatic rings. The van der Waals surface area contributed by atoms with E-state index in [-0.39, 0.29) is 24.5 Å². The van der Waals surface area contributed by atoms with E-state index >= 15 is 0 Å². The Kier molecular flexibility index (Phi) is 7.11. The monoisotopic (exact) mass is 432 g/mol. The van der Waals surface area contributed by atoms with E-state index in [1.807, 2.05) is 0 Å². The highest BCUT2D eigenvalue weighted by atomic mass is 32.2. The Bertz CT molecular complexity index is 1050. The van der Waals surface area contributed by atoms with Crippen molar-refractivity contribution < 1.29 is 19.4 Å². The number of fused-ring (bicyclic) bond motifs is 1. The maximum Gasteiger partial charge on any atom is 0.337 e. The van der Waals surface area contributed by atoms with Gasteiger partial charge in [-0.3, -0.25) is 9.36 Å². The number of amides is 2. The third-order valence-corrected chi connectivity index (χ3v) is 5.58. The van der Waals surface area contributed by atoms with Crippen LogP contribution in [-0.2, 0) is 16.1 Å². The predicted molar refractivity (Wildman–Crippen MR) is 113 cm³/mol. The molecule has 1 atom stereocenters. The molecule has 0 aliphatic carbocycles. The van der Waals surface area contributed by atoms with Crippen LogP contribution >= 0.6 is 11.8 Å². The van der Waals surface area contributed by atoms with E-state index in [4.69, 9.17) is 4.74 Å². The van der Waals surface area contributed by atoms with Crippen LogP contribution in [0.2, 0.25) is 0 Å². The molecule has 10 heteroatoms. The highest BCUT2D eigenvalue weighted by molar-refractivity contribution is 7.99. The lowest BCUT2D eigenvalue weighted by Gasteiger charge is -2.26. The van der Waals surface area contributed by atoms with Crippen molar-refractivity contribution in [2.75, 3.05) is 19.0 Å². The Balaban J connectivity index is 1.98. The van der Waals surface area contributed by atoms with E-state index in [1.54, 1.807) is 38.1 Å². The first-order chi connectivity index (χ1) is 14.5. The fourth-order valence-electron chi connectivity index (χ4n) is 3.21. The van der Waals surface area contributed by atoms with Crippen LogP contribution in [0, 0.1) is 0 Å². The van der Waals surface area contributed by atoms with Gasteiger partial charge in [-0.25, -0.2) is 14.6 Å². The van der Waals surface area contributed by atoms with Gasteiger partial charge in [-0.15, -0.1) is 0 Å². The lowest BCUT2D eigenvalue weighted by atomic mass is 10.1. The molecule has 1 aliphatic heterocycles. The minimum absolute atomic E-state index is 0.0548. The van der Waals surface area contributed by atoms with E-state index in [2.05, 4.69) is 15.6 Å². The Hall–Kier alpha value is -2.85. The van der Waals surface area contributed by atoms with Crippen molar-refractivity contribution in [1.29, 1.82) is 0 Å². The first-order valence-electron chi connectivity index (χ1n) is 9.67. The fraction of sp³-hybridized carbons (Fsp3) is 0.400. The van der Waals surface area contributed by atoms with Gasteiger partial charge in [0, 0.05) is 24.6 Å². The van der Waals surface area contributed by atoms with Crippen molar-refractivity contribution in [3.63, 3.8) is 0 Å².